The lowest BCUT2D eigenvalue weighted by Crippen LogP contribution is -2.10. The van der Waals surface area contributed by atoms with Crippen molar-refractivity contribution in [3.63, 3.8) is 0 Å². The summed E-state index contributed by atoms with van der Waals surface area (Å²) in [4.78, 5) is 11.0. The van der Waals surface area contributed by atoms with Gasteiger partial charge in [-0.1, -0.05) is 24.3 Å². The summed E-state index contributed by atoms with van der Waals surface area (Å²) in [5.41, 5.74) is 4.74. The van der Waals surface area contributed by atoms with Gasteiger partial charge >= 0.3 is 0 Å². The molecule has 1 aliphatic carbocycles. The van der Waals surface area contributed by atoms with E-state index in [0.717, 1.165) is 23.3 Å². The summed E-state index contributed by atoms with van der Waals surface area (Å²) in [5.74, 6) is 0.953. The van der Waals surface area contributed by atoms with Crippen LogP contribution in [0, 0.1) is 0 Å². The molecule has 1 aromatic heterocycles. The summed E-state index contributed by atoms with van der Waals surface area (Å²) in [6, 6.07) is 15.7. The maximum absolute atomic E-state index is 4.45. The largest absolute Gasteiger partial charge is 0.367 e. The van der Waals surface area contributed by atoms with Crippen LogP contribution >= 0.6 is 0 Å². The third kappa shape index (κ3) is 3.24. The summed E-state index contributed by atoms with van der Waals surface area (Å²) in [5, 5.41) is 4.61. The Morgan fingerprint density at radius 3 is 2.67 bits per heavy atom. The topological polar surface area (TPSA) is 41.1 Å². The van der Waals surface area contributed by atoms with E-state index in [9.17, 15) is 0 Å². The van der Waals surface area contributed by atoms with Gasteiger partial charge in [0.15, 0.2) is 0 Å². The highest BCUT2D eigenvalue weighted by molar-refractivity contribution is 5.92. The zero-order chi connectivity index (χ0) is 16.5. The molecule has 3 aromatic rings. The molecule has 0 aliphatic heterocycles. The lowest BCUT2D eigenvalue weighted by atomic mass is 10.0. The number of aromatic nitrogens is 2. The Morgan fingerprint density at radius 1 is 1.04 bits per heavy atom. The first-order chi connectivity index (χ1) is 11.7. The van der Waals surface area contributed by atoms with Gasteiger partial charge in [0, 0.05) is 18.0 Å². The van der Waals surface area contributed by atoms with Crippen molar-refractivity contribution < 1.29 is 0 Å². The van der Waals surface area contributed by atoms with Crippen LogP contribution < -0.4 is 5.32 Å². The van der Waals surface area contributed by atoms with Crippen LogP contribution in [0.15, 0.2) is 48.8 Å². The van der Waals surface area contributed by atoms with E-state index in [1.807, 2.05) is 0 Å². The van der Waals surface area contributed by atoms with Crippen molar-refractivity contribution in [3.8, 4) is 11.1 Å². The number of hydrogen-bond donors (Lipinski definition) is 1. The van der Waals surface area contributed by atoms with E-state index in [-0.39, 0.29) is 0 Å². The number of rotatable bonds is 5. The summed E-state index contributed by atoms with van der Waals surface area (Å²) >= 11 is 0. The Balaban J connectivity index is 1.74. The predicted molar refractivity (Wildman–Crippen MR) is 99.0 cm³/mol. The molecule has 0 saturated heterocycles. The molecule has 1 saturated carbocycles. The predicted octanol–water partition coefficient (Wildman–Crippen LogP) is 3.93. The maximum Gasteiger partial charge on any atom is 0.137 e. The highest BCUT2D eigenvalue weighted by atomic mass is 15.1. The first-order valence-corrected chi connectivity index (χ1v) is 8.44. The van der Waals surface area contributed by atoms with Crippen LogP contribution in [0.2, 0.25) is 0 Å². The van der Waals surface area contributed by atoms with Crippen LogP contribution in [0.5, 0.6) is 0 Å². The first-order valence-electron chi connectivity index (χ1n) is 8.44. The van der Waals surface area contributed by atoms with Crippen LogP contribution in [0.4, 0.5) is 5.82 Å². The van der Waals surface area contributed by atoms with E-state index in [0.29, 0.717) is 6.04 Å². The van der Waals surface area contributed by atoms with Gasteiger partial charge in [-0.15, -0.1) is 0 Å². The fourth-order valence-corrected chi connectivity index (χ4v) is 2.99. The molecule has 1 N–H and O–H groups in total. The Hall–Kier alpha value is -2.46. The quantitative estimate of drug-likeness (QED) is 0.774. The molecule has 0 bridgehead atoms. The molecule has 0 spiro atoms. The Bertz CT molecular complexity index is 868. The summed E-state index contributed by atoms with van der Waals surface area (Å²) in [6.07, 6.45) is 4.11. The number of anilines is 1. The van der Waals surface area contributed by atoms with Gasteiger partial charge in [-0.2, -0.15) is 0 Å². The zero-order valence-electron chi connectivity index (χ0n) is 14.2. The molecular formula is C20H22N4. The van der Waals surface area contributed by atoms with Crippen molar-refractivity contribution in [2.24, 2.45) is 0 Å². The van der Waals surface area contributed by atoms with E-state index in [4.69, 9.17) is 0 Å². The second-order valence-electron chi connectivity index (χ2n) is 6.81. The molecule has 4 heteroatoms. The second kappa shape index (κ2) is 6.21. The van der Waals surface area contributed by atoms with Crippen molar-refractivity contribution >= 4 is 16.7 Å². The Labute approximate surface area is 142 Å². The molecule has 0 atom stereocenters. The third-order valence-electron chi connectivity index (χ3n) is 4.31. The van der Waals surface area contributed by atoms with Crippen LogP contribution in [0.3, 0.4) is 0 Å². The van der Waals surface area contributed by atoms with Crippen LogP contribution in [-0.2, 0) is 6.54 Å². The fraction of sp³-hybridized carbons (Fsp3) is 0.300. The Kier molecular flexibility index (Phi) is 3.90. The average molecular weight is 318 g/mol. The van der Waals surface area contributed by atoms with Crippen molar-refractivity contribution in [3.05, 3.63) is 54.4 Å². The summed E-state index contributed by atoms with van der Waals surface area (Å²) < 4.78 is 0. The molecule has 0 unspecified atom stereocenters. The number of nitrogens with zero attached hydrogens (tertiary/aromatic N) is 3. The molecule has 4 rings (SSSR count). The molecular weight excluding hydrogens is 296 g/mol. The normalized spacial score (nSPS) is 14.3. The van der Waals surface area contributed by atoms with Crippen molar-refractivity contribution in [1.82, 2.24) is 14.9 Å². The first kappa shape index (κ1) is 15.1. The van der Waals surface area contributed by atoms with Gasteiger partial charge in [-0.25, -0.2) is 9.97 Å². The molecule has 2 aromatic carbocycles. The highest BCUT2D eigenvalue weighted by Gasteiger charge is 2.22. The smallest absolute Gasteiger partial charge is 0.137 e. The van der Waals surface area contributed by atoms with E-state index in [2.05, 4.69) is 76.7 Å². The molecule has 24 heavy (non-hydrogen) atoms. The van der Waals surface area contributed by atoms with Crippen molar-refractivity contribution in [1.29, 1.82) is 0 Å². The maximum atomic E-state index is 4.45. The molecule has 1 fully saturated rings. The lowest BCUT2D eigenvalue weighted by Gasteiger charge is -2.12. The van der Waals surface area contributed by atoms with E-state index in [1.165, 1.54) is 29.5 Å². The molecule has 4 nitrogen and oxygen atoms in total. The number of nitrogens with one attached hydrogen (secondary N) is 1. The van der Waals surface area contributed by atoms with Crippen LogP contribution in [0.1, 0.15) is 18.4 Å². The zero-order valence-corrected chi connectivity index (χ0v) is 14.2. The van der Waals surface area contributed by atoms with Gasteiger partial charge in [0.25, 0.3) is 0 Å². The summed E-state index contributed by atoms with van der Waals surface area (Å²) in [7, 11) is 4.19. The van der Waals surface area contributed by atoms with E-state index < -0.39 is 0 Å². The fourth-order valence-electron chi connectivity index (χ4n) is 2.99. The number of benzene rings is 2. The monoisotopic (exact) mass is 318 g/mol. The lowest BCUT2D eigenvalue weighted by molar-refractivity contribution is 0.402. The third-order valence-corrected chi connectivity index (χ3v) is 4.31. The van der Waals surface area contributed by atoms with Crippen molar-refractivity contribution in [2.75, 3.05) is 19.4 Å². The van der Waals surface area contributed by atoms with E-state index >= 15 is 0 Å². The molecule has 0 amide bonds. The highest BCUT2D eigenvalue weighted by Crippen LogP contribution is 2.30. The van der Waals surface area contributed by atoms with Gasteiger partial charge in [0.2, 0.25) is 0 Å². The molecule has 122 valence electrons. The summed E-state index contributed by atoms with van der Waals surface area (Å²) in [6.45, 7) is 0.943. The SMILES string of the molecule is CN(C)Cc1cccc(-c2ccc3ncnc(NC4CC4)c3c2)c1. The minimum absolute atomic E-state index is 0.579. The molecule has 0 radical (unpaired) electrons. The number of hydrogen-bond acceptors (Lipinski definition) is 4. The van der Waals surface area contributed by atoms with Crippen LogP contribution in [0.25, 0.3) is 22.0 Å². The van der Waals surface area contributed by atoms with Gasteiger partial charge in [-0.05, 0) is 61.8 Å². The van der Waals surface area contributed by atoms with Gasteiger partial charge in [-0.3, -0.25) is 0 Å². The molecule has 1 heterocycles. The standard InChI is InChI=1S/C20H22N4/c1-24(2)12-14-4-3-5-15(10-14)16-6-9-19-18(11-16)20(22-13-21-19)23-17-7-8-17/h3-6,9-11,13,17H,7-8,12H2,1-2H3,(H,21,22,23). The van der Waals surface area contributed by atoms with Gasteiger partial charge < -0.3 is 10.2 Å². The Morgan fingerprint density at radius 2 is 1.88 bits per heavy atom. The molecule has 1 aliphatic rings. The van der Waals surface area contributed by atoms with Crippen LogP contribution in [-0.4, -0.2) is 35.0 Å². The van der Waals surface area contributed by atoms with Crippen molar-refractivity contribution in [2.45, 2.75) is 25.4 Å². The minimum Gasteiger partial charge on any atom is -0.367 e. The van der Waals surface area contributed by atoms with E-state index in [1.54, 1.807) is 6.33 Å². The number of fused-ring (bicyclic) bond motifs is 1. The average Bonchev–Trinajstić information content (AvgIpc) is 3.38. The second-order valence-corrected chi connectivity index (χ2v) is 6.81. The minimum atomic E-state index is 0.579. The van der Waals surface area contributed by atoms with Gasteiger partial charge in [0.1, 0.15) is 12.1 Å². The van der Waals surface area contributed by atoms with Gasteiger partial charge in [0.05, 0.1) is 5.52 Å².